The van der Waals surface area contributed by atoms with Crippen molar-refractivity contribution in [1.29, 1.82) is 0 Å². The molecule has 0 aliphatic carbocycles. The van der Waals surface area contributed by atoms with Crippen LogP contribution in [0.5, 0.6) is 0 Å². The molecule has 4 rings (SSSR count). The predicted octanol–water partition coefficient (Wildman–Crippen LogP) is 5.38. The Labute approximate surface area is 182 Å². The first-order valence-corrected chi connectivity index (χ1v) is 15.1. The van der Waals surface area contributed by atoms with Gasteiger partial charge < -0.3 is 0 Å². The van der Waals surface area contributed by atoms with E-state index in [0.717, 1.165) is 25.7 Å². The highest BCUT2D eigenvalue weighted by Gasteiger charge is 2.48. The zero-order valence-electron chi connectivity index (χ0n) is 17.1. The number of halogens is 6. The van der Waals surface area contributed by atoms with Gasteiger partial charge in [0, 0.05) is 39.3 Å². The van der Waals surface area contributed by atoms with E-state index in [2.05, 4.69) is 19.2 Å². The Balaban J connectivity index is 1.91. The fourth-order valence-corrected chi connectivity index (χ4v) is 16.6. The van der Waals surface area contributed by atoms with E-state index in [1.165, 1.54) is 0 Å². The van der Waals surface area contributed by atoms with Gasteiger partial charge in [0.2, 0.25) is 15.0 Å². The number of alkyl halides is 6. The second-order valence-electron chi connectivity index (χ2n) is 7.81. The third-order valence-electron chi connectivity index (χ3n) is 5.22. The lowest BCUT2D eigenvalue weighted by Crippen LogP contribution is -2.38. The summed E-state index contributed by atoms with van der Waals surface area (Å²) in [4.78, 5) is 0. The lowest BCUT2D eigenvalue weighted by molar-refractivity contribution is -0.163. The van der Waals surface area contributed by atoms with Crippen LogP contribution in [0.2, 0.25) is 0 Å². The van der Waals surface area contributed by atoms with E-state index < -0.39 is 48.2 Å². The van der Waals surface area contributed by atoms with E-state index >= 15 is 0 Å². The maximum atomic E-state index is 13.1. The first kappa shape index (κ1) is 25.1. The van der Waals surface area contributed by atoms with Crippen molar-refractivity contribution in [1.82, 2.24) is 19.5 Å². The standard InChI is InChI=1S/C14H26F6N7O2P3/c15-13(16,17)11-28-32(29-12-14(18,19)20)24-30-21-5-3-9-26(30)7-1-2-8-27-10-4-6-22-31(27,23-30)25-32/h21-22H,1-12H2. The largest absolute Gasteiger partial charge is 0.412 e. The number of nitrogens with zero attached hydrogens (tertiary/aromatic N) is 5. The van der Waals surface area contributed by atoms with Gasteiger partial charge in [-0.3, -0.25) is 19.2 Å². The van der Waals surface area contributed by atoms with Crippen molar-refractivity contribution in [2.24, 2.45) is 13.5 Å². The molecule has 2 fully saturated rings. The maximum Gasteiger partial charge on any atom is 0.412 e. The normalized spacial score (nSPS) is 33.9. The van der Waals surface area contributed by atoms with Crippen molar-refractivity contribution >= 4 is 22.7 Å². The second kappa shape index (κ2) is 9.24. The van der Waals surface area contributed by atoms with Gasteiger partial charge in [-0.15, -0.1) is 0 Å². The highest BCUT2D eigenvalue weighted by Crippen LogP contribution is 2.79. The molecule has 4 heterocycles. The Morgan fingerprint density at radius 2 is 1.09 bits per heavy atom. The van der Waals surface area contributed by atoms with Gasteiger partial charge in [0.25, 0.3) is 0 Å². The Hall–Kier alpha value is 0.0300. The summed E-state index contributed by atoms with van der Waals surface area (Å²) in [5.74, 6) is 0. The monoisotopic (exact) mass is 531 g/mol. The van der Waals surface area contributed by atoms with Crippen LogP contribution in [0.3, 0.4) is 0 Å². The minimum Gasteiger partial charge on any atom is -0.297 e. The van der Waals surface area contributed by atoms with Crippen LogP contribution >= 0.6 is 22.7 Å². The lowest BCUT2D eigenvalue weighted by atomic mass is 10.3. The minimum absolute atomic E-state index is 0.496. The molecule has 186 valence electrons. The second-order valence-corrected chi connectivity index (χ2v) is 15.5. The van der Waals surface area contributed by atoms with Crippen molar-refractivity contribution in [2.75, 3.05) is 52.5 Å². The summed E-state index contributed by atoms with van der Waals surface area (Å²) < 4.78 is 107. The molecule has 0 aromatic heterocycles. The van der Waals surface area contributed by atoms with Gasteiger partial charge in [-0.25, -0.2) is 9.34 Å². The van der Waals surface area contributed by atoms with E-state index in [1.54, 1.807) is 0 Å². The Morgan fingerprint density at radius 1 is 0.656 bits per heavy atom. The van der Waals surface area contributed by atoms with Crippen LogP contribution in [0.1, 0.15) is 25.7 Å². The van der Waals surface area contributed by atoms with Crippen LogP contribution in [0.15, 0.2) is 13.5 Å². The molecule has 0 radical (unpaired) electrons. The molecule has 0 amide bonds. The first-order valence-electron chi connectivity index (χ1n) is 10.3. The van der Waals surface area contributed by atoms with Gasteiger partial charge in [-0.05, 0) is 25.7 Å². The molecular formula is C14H26F6N7O2P3. The fourth-order valence-electron chi connectivity index (χ4n) is 3.90. The molecule has 2 bridgehead atoms. The molecule has 0 aromatic carbocycles. The molecule has 0 aromatic rings. The maximum absolute atomic E-state index is 13.1. The van der Waals surface area contributed by atoms with Crippen molar-refractivity contribution in [3.8, 4) is 0 Å². The van der Waals surface area contributed by atoms with E-state index in [9.17, 15) is 26.3 Å². The van der Waals surface area contributed by atoms with Gasteiger partial charge >= 0.3 is 20.0 Å². The fraction of sp³-hybridized carbons (Fsp3) is 1.00. The summed E-state index contributed by atoms with van der Waals surface area (Å²) in [5.41, 5.74) is 0. The highest BCUT2D eigenvalue weighted by atomic mass is 31.3. The molecule has 18 heteroatoms. The molecule has 9 nitrogen and oxygen atoms in total. The van der Waals surface area contributed by atoms with Crippen LogP contribution in [0.4, 0.5) is 26.3 Å². The van der Waals surface area contributed by atoms with Gasteiger partial charge in [0.05, 0.1) is 0 Å². The van der Waals surface area contributed by atoms with Crippen molar-refractivity contribution < 1.29 is 35.4 Å². The minimum atomic E-state index is -4.78. The van der Waals surface area contributed by atoms with Crippen LogP contribution in [-0.2, 0) is 9.05 Å². The lowest BCUT2D eigenvalue weighted by Gasteiger charge is -2.45. The average Bonchev–Trinajstić information content (AvgIpc) is 2.74. The van der Waals surface area contributed by atoms with Gasteiger partial charge in [-0.2, -0.15) is 39.9 Å². The average molecular weight is 531 g/mol. The molecule has 0 saturated carbocycles. The third kappa shape index (κ3) is 5.63. The Kier molecular flexibility index (Phi) is 7.26. The number of hydrogen-bond donors (Lipinski definition) is 2. The van der Waals surface area contributed by atoms with Crippen molar-refractivity contribution in [3.05, 3.63) is 0 Å². The molecule has 2 unspecified atom stereocenters. The molecule has 32 heavy (non-hydrogen) atoms. The van der Waals surface area contributed by atoms with Crippen LogP contribution in [-0.4, -0.2) is 74.2 Å². The highest BCUT2D eigenvalue weighted by molar-refractivity contribution is 7.81. The number of hydrogen-bond acceptors (Lipinski definition) is 9. The van der Waals surface area contributed by atoms with Crippen molar-refractivity contribution in [2.45, 2.75) is 38.0 Å². The number of nitrogens with one attached hydrogen (secondary N) is 2. The summed E-state index contributed by atoms with van der Waals surface area (Å²) in [6.45, 7) is -0.262. The van der Waals surface area contributed by atoms with Gasteiger partial charge in [-0.1, -0.05) is 0 Å². The van der Waals surface area contributed by atoms with E-state index in [0.29, 0.717) is 39.3 Å². The smallest absolute Gasteiger partial charge is 0.297 e. The van der Waals surface area contributed by atoms with Crippen LogP contribution in [0.25, 0.3) is 0 Å². The van der Waals surface area contributed by atoms with Crippen LogP contribution in [0, 0.1) is 0 Å². The predicted molar refractivity (Wildman–Crippen MR) is 110 cm³/mol. The molecule has 4 aliphatic rings. The molecule has 4 aliphatic heterocycles. The Bertz CT molecular complexity index is 836. The molecule has 2 atom stereocenters. The quantitative estimate of drug-likeness (QED) is 0.375. The molecular weight excluding hydrogens is 505 g/mol. The van der Waals surface area contributed by atoms with E-state index in [-0.39, 0.29) is 0 Å². The summed E-state index contributed by atoms with van der Waals surface area (Å²) >= 11 is 0. The summed E-state index contributed by atoms with van der Waals surface area (Å²) in [7, 11) is -10.5. The van der Waals surface area contributed by atoms with E-state index in [1.807, 2.05) is 9.34 Å². The zero-order valence-corrected chi connectivity index (χ0v) is 19.8. The summed E-state index contributed by atoms with van der Waals surface area (Å²) in [6.07, 6.45) is -6.40. The molecule has 2 spiro atoms. The Morgan fingerprint density at radius 3 is 1.56 bits per heavy atom. The molecule has 2 saturated heterocycles. The summed E-state index contributed by atoms with van der Waals surface area (Å²) in [6, 6.07) is 0. The SMILES string of the molecule is FC(F)(F)COP1(OCC(F)(F)F)=NP23=NP4(=N1)NCCCN4CCCCN2CCCN3. The van der Waals surface area contributed by atoms with Gasteiger partial charge in [0.1, 0.15) is 0 Å². The van der Waals surface area contributed by atoms with Crippen LogP contribution < -0.4 is 10.2 Å². The van der Waals surface area contributed by atoms with Crippen molar-refractivity contribution in [3.63, 3.8) is 0 Å². The first-order chi connectivity index (χ1) is 15.0. The zero-order chi connectivity index (χ0) is 23.1. The van der Waals surface area contributed by atoms with Gasteiger partial charge in [0.15, 0.2) is 13.2 Å². The molecule has 2 N–H and O–H groups in total. The summed E-state index contributed by atoms with van der Waals surface area (Å²) in [5, 5.41) is 6.50. The topological polar surface area (TPSA) is 86.1 Å². The number of rotatable bonds is 4. The third-order valence-corrected chi connectivity index (χ3v) is 15.6. The van der Waals surface area contributed by atoms with E-state index in [4.69, 9.17) is 13.6 Å².